The predicted molar refractivity (Wildman–Crippen MR) is 74.8 cm³/mol. The van der Waals surface area contributed by atoms with Gasteiger partial charge in [0.1, 0.15) is 6.61 Å². The molecule has 0 unspecified atom stereocenters. The monoisotopic (exact) mass is 296 g/mol. The van der Waals surface area contributed by atoms with Crippen molar-refractivity contribution in [3.8, 4) is 0 Å². The summed E-state index contributed by atoms with van der Waals surface area (Å²) >= 11 is 1.50. The maximum atomic E-state index is 11.4. The van der Waals surface area contributed by atoms with Crippen LogP contribution in [0.1, 0.15) is 23.7 Å². The topological polar surface area (TPSA) is 69.7 Å². The average molecular weight is 296 g/mol. The molecule has 6 heteroatoms. The number of benzene rings is 1. The van der Waals surface area contributed by atoms with Crippen molar-refractivity contribution in [1.82, 2.24) is 0 Å². The van der Waals surface area contributed by atoms with Gasteiger partial charge < -0.3 is 9.47 Å². The quantitative estimate of drug-likeness (QED) is 0.567. The molecule has 0 saturated heterocycles. The number of methoxy groups -OCH3 is 1. The zero-order valence-corrected chi connectivity index (χ0v) is 12.2. The molecule has 0 fully saturated rings. The molecular weight excluding hydrogens is 280 g/mol. The number of rotatable bonds is 7. The summed E-state index contributed by atoms with van der Waals surface area (Å²) in [6, 6.07) is 6.95. The van der Waals surface area contributed by atoms with Gasteiger partial charge in [-0.1, -0.05) is 0 Å². The highest BCUT2D eigenvalue weighted by molar-refractivity contribution is 7.99. The summed E-state index contributed by atoms with van der Waals surface area (Å²) in [4.78, 5) is 34.1. The van der Waals surface area contributed by atoms with Gasteiger partial charge in [-0.2, -0.15) is 0 Å². The number of carbonyl (C=O) groups excluding carboxylic acids is 3. The van der Waals surface area contributed by atoms with Gasteiger partial charge in [-0.25, -0.2) is 4.79 Å². The number of ketones is 1. The number of hydrogen-bond acceptors (Lipinski definition) is 6. The molecule has 0 amide bonds. The second kappa shape index (κ2) is 8.37. The molecule has 1 rings (SSSR count). The van der Waals surface area contributed by atoms with Crippen molar-refractivity contribution < 1.29 is 23.9 Å². The van der Waals surface area contributed by atoms with Crippen molar-refractivity contribution in [2.24, 2.45) is 0 Å². The highest BCUT2D eigenvalue weighted by atomic mass is 32.2. The molecule has 0 aliphatic rings. The minimum atomic E-state index is -0.454. The molecular formula is C14H16O5S. The number of thioether (sulfide) groups is 1. The first-order chi connectivity index (χ1) is 9.52. The molecule has 0 saturated carbocycles. The Bertz CT molecular complexity index is 481. The van der Waals surface area contributed by atoms with Crippen LogP contribution in [0.3, 0.4) is 0 Å². The van der Waals surface area contributed by atoms with E-state index in [1.54, 1.807) is 24.3 Å². The summed E-state index contributed by atoms with van der Waals surface area (Å²) in [5.41, 5.74) is 0.489. The number of ether oxygens (including phenoxy) is 2. The van der Waals surface area contributed by atoms with Crippen LogP contribution in [0, 0.1) is 0 Å². The Hall–Kier alpha value is -1.82. The van der Waals surface area contributed by atoms with Crippen LogP contribution >= 0.6 is 11.8 Å². The van der Waals surface area contributed by atoms with Crippen molar-refractivity contribution in [3.05, 3.63) is 29.8 Å². The highest BCUT2D eigenvalue weighted by Gasteiger charge is 2.06. The first-order valence-corrected chi connectivity index (χ1v) is 6.97. The lowest BCUT2D eigenvalue weighted by molar-refractivity contribution is -0.145. The number of hydrogen-bond donors (Lipinski definition) is 0. The van der Waals surface area contributed by atoms with Gasteiger partial charge in [0.2, 0.25) is 0 Å². The summed E-state index contributed by atoms with van der Waals surface area (Å²) in [7, 11) is 1.33. The van der Waals surface area contributed by atoms with Crippen LogP contribution in [0.2, 0.25) is 0 Å². The fourth-order valence-corrected chi connectivity index (χ4v) is 2.24. The first kappa shape index (κ1) is 16.2. The lowest BCUT2D eigenvalue weighted by Crippen LogP contribution is -2.12. The van der Waals surface area contributed by atoms with Crippen LogP contribution in [0.5, 0.6) is 0 Å². The van der Waals surface area contributed by atoms with Gasteiger partial charge in [-0.05, 0) is 24.3 Å². The zero-order chi connectivity index (χ0) is 15.0. The number of Topliss-reactive ketones (excluding diaryl/α,β-unsaturated/α-hetero) is 1. The van der Waals surface area contributed by atoms with Crippen LogP contribution in [-0.2, 0) is 19.1 Å². The van der Waals surface area contributed by atoms with E-state index >= 15 is 0 Å². The predicted octanol–water partition coefficient (Wildman–Crippen LogP) is 2.09. The van der Waals surface area contributed by atoms with Crippen LogP contribution in [0.4, 0.5) is 0 Å². The van der Waals surface area contributed by atoms with Gasteiger partial charge in [-0.3, -0.25) is 9.59 Å². The van der Waals surface area contributed by atoms with Crippen LogP contribution < -0.4 is 0 Å². The number of carbonyl (C=O) groups is 3. The summed E-state index contributed by atoms with van der Waals surface area (Å²) in [6.45, 7) is 1.10. The minimum Gasteiger partial charge on any atom is -0.465 e. The summed E-state index contributed by atoms with van der Waals surface area (Å²) in [5, 5.41) is 0. The number of esters is 2. The van der Waals surface area contributed by atoms with Gasteiger partial charge >= 0.3 is 11.9 Å². The molecule has 0 aromatic heterocycles. The third-order valence-electron chi connectivity index (χ3n) is 2.36. The molecule has 0 bridgehead atoms. The molecule has 1 aromatic carbocycles. The van der Waals surface area contributed by atoms with Crippen molar-refractivity contribution in [2.75, 3.05) is 19.5 Å². The minimum absolute atomic E-state index is 0.112. The fraction of sp³-hybridized carbons (Fsp3) is 0.357. The third-order valence-corrected chi connectivity index (χ3v) is 3.38. The molecule has 0 radical (unpaired) electrons. The zero-order valence-electron chi connectivity index (χ0n) is 11.4. The summed E-state index contributed by atoms with van der Waals surface area (Å²) < 4.78 is 9.21. The van der Waals surface area contributed by atoms with Gasteiger partial charge in [0.05, 0.1) is 12.7 Å². The SMILES string of the molecule is COC(=O)c1ccc(SCCC(=O)COC(C)=O)cc1. The van der Waals surface area contributed by atoms with Gasteiger partial charge in [0, 0.05) is 24.0 Å². The van der Waals surface area contributed by atoms with Gasteiger partial charge in [-0.15, -0.1) is 11.8 Å². The van der Waals surface area contributed by atoms with E-state index in [-0.39, 0.29) is 18.4 Å². The Kier molecular flexibility index (Phi) is 6.79. The fourth-order valence-electron chi connectivity index (χ4n) is 1.34. The lowest BCUT2D eigenvalue weighted by Gasteiger charge is -2.03. The van der Waals surface area contributed by atoms with Gasteiger partial charge in [0.15, 0.2) is 5.78 Å². The third kappa shape index (κ3) is 5.88. The molecule has 0 aliphatic heterocycles. The summed E-state index contributed by atoms with van der Waals surface area (Å²) in [5.74, 6) is -0.348. The first-order valence-electron chi connectivity index (χ1n) is 5.99. The Morgan fingerprint density at radius 1 is 1.15 bits per heavy atom. The van der Waals surface area contributed by atoms with Crippen LogP contribution in [0.15, 0.2) is 29.2 Å². The molecule has 20 heavy (non-hydrogen) atoms. The Labute approximate surface area is 121 Å². The Morgan fingerprint density at radius 2 is 1.80 bits per heavy atom. The smallest absolute Gasteiger partial charge is 0.337 e. The molecule has 1 aromatic rings. The second-order valence-electron chi connectivity index (χ2n) is 3.93. The van der Waals surface area contributed by atoms with E-state index in [9.17, 15) is 14.4 Å². The highest BCUT2D eigenvalue weighted by Crippen LogP contribution is 2.19. The largest absolute Gasteiger partial charge is 0.465 e. The molecule has 0 spiro atoms. The normalized spacial score (nSPS) is 9.90. The van der Waals surface area contributed by atoms with Crippen LogP contribution in [0.25, 0.3) is 0 Å². The average Bonchev–Trinajstić information content (AvgIpc) is 2.45. The lowest BCUT2D eigenvalue weighted by atomic mass is 10.2. The van der Waals surface area contributed by atoms with E-state index in [1.807, 2.05) is 0 Å². The van der Waals surface area contributed by atoms with E-state index in [0.29, 0.717) is 17.7 Å². The van der Waals surface area contributed by atoms with E-state index in [1.165, 1.54) is 25.8 Å². The van der Waals surface area contributed by atoms with Gasteiger partial charge in [0.25, 0.3) is 0 Å². The van der Waals surface area contributed by atoms with Crippen LogP contribution in [-0.4, -0.2) is 37.2 Å². The maximum Gasteiger partial charge on any atom is 0.337 e. The van der Waals surface area contributed by atoms with Crippen molar-refractivity contribution in [3.63, 3.8) is 0 Å². The Balaban J connectivity index is 2.33. The molecule has 0 aliphatic carbocycles. The van der Waals surface area contributed by atoms with Crippen molar-refractivity contribution >= 4 is 29.5 Å². The summed E-state index contributed by atoms with van der Waals surface area (Å²) in [6.07, 6.45) is 0.330. The van der Waals surface area contributed by atoms with E-state index in [4.69, 9.17) is 0 Å². The molecule has 0 atom stereocenters. The molecule has 5 nitrogen and oxygen atoms in total. The maximum absolute atomic E-state index is 11.4. The standard InChI is InChI=1S/C14H16O5S/c1-10(15)19-9-12(16)7-8-20-13-5-3-11(4-6-13)14(17)18-2/h3-6H,7-9H2,1-2H3. The van der Waals surface area contributed by atoms with Crippen molar-refractivity contribution in [1.29, 1.82) is 0 Å². The molecule has 108 valence electrons. The Morgan fingerprint density at radius 3 is 2.35 bits per heavy atom. The van der Waals surface area contributed by atoms with E-state index in [2.05, 4.69) is 9.47 Å². The molecule has 0 heterocycles. The second-order valence-corrected chi connectivity index (χ2v) is 5.10. The van der Waals surface area contributed by atoms with E-state index in [0.717, 1.165) is 4.90 Å². The van der Waals surface area contributed by atoms with Crippen molar-refractivity contribution in [2.45, 2.75) is 18.2 Å². The van der Waals surface area contributed by atoms with E-state index < -0.39 is 5.97 Å². The molecule has 0 N–H and O–H groups in total.